The number of hydrogen-bond acceptors (Lipinski definition) is 7. The molecule has 2 aromatic rings. The third-order valence-electron chi connectivity index (χ3n) is 3.67. The Labute approximate surface area is 177 Å². The number of aromatic nitrogens is 4. The number of rotatable bonds is 7. The summed E-state index contributed by atoms with van der Waals surface area (Å²) in [5.74, 6) is -1.94. The molecule has 0 radical (unpaired) electrons. The number of nitrogens with zero attached hydrogens (tertiary/aromatic N) is 4. The van der Waals surface area contributed by atoms with Gasteiger partial charge in [0.15, 0.2) is 17.3 Å². The van der Waals surface area contributed by atoms with Crippen LogP contribution in [0.25, 0.3) is 11.2 Å². The first-order chi connectivity index (χ1) is 13.0. The minimum absolute atomic E-state index is 0.0813. The van der Waals surface area contributed by atoms with Crippen molar-refractivity contribution in [3.63, 3.8) is 0 Å². The molecular weight excluding hydrogens is 462 g/mol. The largest absolute Gasteiger partial charge is 0.460 e. The maximum absolute atomic E-state index is 12.5. The van der Waals surface area contributed by atoms with E-state index in [-0.39, 0.29) is 17.7 Å². The van der Waals surface area contributed by atoms with Gasteiger partial charge in [-0.2, -0.15) is 0 Å². The number of carbonyl (C=O) groups excluding carboxylic acids is 2. The van der Waals surface area contributed by atoms with E-state index in [0.717, 1.165) is 4.57 Å². The molecule has 14 heteroatoms. The van der Waals surface area contributed by atoms with Gasteiger partial charge < -0.3 is 14.0 Å². The number of ether oxygens (including phenoxy) is 2. The van der Waals surface area contributed by atoms with Crippen LogP contribution in [0.4, 0.5) is 0 Å². The average molecular weight is 476 g/mol. The van der Waals surface area contributed by atoms with Crippen molar-refractivity contribution in [1.82, 2.24) is 18.7 Å². The highest BCUT2D eigenvalue weighted by Crippen LogP contribution is 2.12. The van der Waals surface area contributed by atoms with Crippen molar-refractivity contribution < 1.29 is 19.1 Å². The van der Waals surface area contributed by atoms with Crippen molar-refractivity contribution in [3.05, 3.63) is 27.2 Å². The van der Waals surface area contributed by atoms with E-state index in [1.165, 1.54) is 29.6 Å². The van der Waals surface area contributed by atoms with Gasteiger partial charge in [0.05, 0.1) is 12.9 Å². The zero-order valence-corrected chi connectivity index (χ0v) is 17.5. The summed E-state index contributed by atoms with van der Waals surface area (Å²) in [4.78, 5) is 48.8. The summed E-state index contributed by atoms with van der Waals surface area (Å²) in [5, 5.41) is 0. The van der Waals surface area contributed by atoms with Crippen LogP contribution in [0.3, 0.4) is 0 Å². The molecule has 0 aliphatic carbocycles. The van der Waals surface area contributed by atoms with Gasteiger partial charge in [-0.15, -0.1) is 0 Å². The fourth-order valence-corrected chi connectivity index (χ4v) is 2.56. The van der Waals surface area contributed by atoms with Crippen LogP contribution in [0.5, 0.6) is 0 Å². The Morgan fingerprint density at radius 2 is 1.68 bits per heavy atom. The van der Waals surface area contributed by atoms with E-state index in [1.807, 2.05) is 0 Å². The second-order valence-corrected chi connectivity index (χ2v) is 7.76. The monoisotopic (exact) mass is 474 g/mol. The van der Waals surface area contributed by atoms with Gasteiger partial charge >= 0.3 is 17.6 Å². The van der Waals surface area contributed by atoms with Crippen molar-refractivity contribution in [2.24, 2.45) is 14.1 Å². The molecule has 1 atom stereocenters. The number of fused-ring (bicyclic) bond motifs is 1. The van der Waals surface area contributed by atoms with Crippen molar-refractivity contribution in [3.8, 4) is 0 Å². The number of imidazole rings is 1. The molecule has 2 aromatic heterocycles. The first kappa shape index (κ1) is 22.5. The van der Waals surface area contributed by atoms with Crippen LogP contribution < -0.4 is 11.2 Å². The van der Waals surface area contributed by atoms with Crippen LogP contribution in [0.2, 0.25) is 0 Å². The Hall–Kier alpha value is -1.75. The fraction of sp³-hybridized carbons (Fsp3) is 0.500. The predicted octanol–water partition coefficient (Wildman–Crippen LogP) is 0.496. The van der Waals surface area contributed by atoms with E-state index in [2.05, 4.69) is 4.98 Å². The maximum atomic E-state index is 12.5. The summed E-state index contributed by atoms with van der Waals surface area (Å²) in [7, 11) is 2.76. The summed E-state index contributed by atoms with van der Waals surface area (Å²) in [6.07, 6.45) is 0.182. The summed E-state index contributed by atoms with van der Waals surface area (Å²) < 4.78 is 13.4. The molecule has 0 aromatic carbocycles. The molecular formula is C14H14Cl4N4O6. The minimum Gasteiger partial charge on any atom is -0.460 e. The van der Waals surface area contributed by atoms with Gasteiger partial charge in [0, 0.05) is 14.1 Å². The summed E-state index contributed by atoms with van der Waals surface area (Å²) in [6, 6.07) is 0. The van der Waals surface area contributed by atoms with Crippen molar-refractivity contribution >= 4 is 69.5 Å². The van der Waals surface area contributed by atoms with E-state index >= 15 is 0 Å². The Morgan fingerprint density at radius 3 is 2.25 bits per heavy atom. The molecule has 1 unspecified atom stereocenters. The highest BCUT2D eigenvalue weighted by Gasteiger charge is 2.25. The standard InChI is InChI=1S/C14H14Cl4N4O6/c1-20-10-7(11(23)21(2)14(20)26)22(5-19-10)3-6(28-13(25)9(17)18)4-27-12(24)8(15)16/h5-6,8-9H,3-4H2,1-2H3. The molecule has 0 fully saturated rings. The molecule has 0 bridgehead atoms. The van der Waals surface area contributed by atoms with Crippen molar-refractivity contribution in [2.45, 2.75) is 22.3 Å². The average Bonchev–Trinajstić information content (AvgIpc) is 3.05. The summed E-state index contributed by atoms with van der Waals surface area (Å²) >= 11 is 21.8. The third-order valence-corrected chi connectivity index (χ3v) is 4.38. The summed E-state index contributed by atoms with van der Waals surface area (Å²) in [6.45, 7) is -0.592. The molecule has 2 rings (SSSR count). The SMILES string of the molecule is Cn1c(=O)c2c(ncn2CC(COC(=O)C(Cl)Cl)OC(=O)C(Cl)Cl)n(C)c1=O. The lowest BCUT2D eigenvalue weighted by atomic mass is 10.3. The number of esters is 2. The van der Waals surface area contributed by atoms with Crippen LogP contribution in [0.15, 0.2) is 15.9 Å². The van der Waals surface area contributed by atoms with Crippen LogP contribution in [-0.2, 0) is 39.7 Å². The second kappa shape index (κ2) is 9.17. The van der Waals surface area contributed by atoms with Crippen LogP contribution in [-0.4, -0.2) is 53.0 Å². The number of aryl methyl sites for hydroxylation is 1. The van der Waals surface area contributed by atoms with Crippen LogP contribution in [0.1, 0.15) is 0 Å². The quantitative estimate of drug-likeness (QED) is 0.423. The molecule has 2 heterocycles. The third kappa shape index (κ3) is 4.80. The van der Waals surface area contributed by atoms with E-state index in [4.69, 9.17) is 55.9 Å². The number of carbonyl (C=O) groups is 2. The lowest BCUT2D eigenvalue weighted by Crippen LogP contribution is -2.38. The molecule has 0 aliphatic rings. The molecule has 154 valence electrons. The Bertz CT molecular complexity index is 1010. The lowest BCUT2D eigenvalue weighted by Gasteiger charge is -2.19. The van der Waals surface area contributed by atoms with Crippen LogP contribution >= 0.6 is 46.4 Å². The van der Waals surface area contributed by atoms with Gasteiger partial charge in [0.25, 0.3) is 5.56 Å². The molecule has 0 aliphatic heterocycles. The Morgan fingerprint density at radius 1 is 1.07 bits per heavy atom. The van der Waals surface area contributed by atoms with Gasteiger partial charge in [-0.3, -0.25) is 13.9 Å². The zero-order chi connectivity index (χ0) is 21.2. The van der Waals surface area contributed by atoms with Crippen LogP contribution in [0, 0.1) is 0 Å². The molecule has 0 N–H and O–H groups in total. The fourth-order valence-electron chi connectivity index (χ4n) is 2.33. The molecule has 0 amide bonds. The predicted molar refractivity (Wildman–Crippen MR) is 102 cm³/mol. The maximum Gasteiger partial charge on any atom is 0.339 e. The second-order valence-electron chi connectivity index (χ2n) is 5.57. The molecule has 0 spiro atoms. The van der Waals surface area contributed by atoms with E-state index < -0.39 is 45.6 Å². The first-order valence-corrected chi connectivity index (χ1v) is 9.33. The van der Waals surface area contributed by atoms with E-state index in [0.29, 0.717) is 0 Å². The van der Waals surface area contributed by atoms with Gasteiger partial charge in [-0.1, -0.05) is 46.4 Å². The lowest BCUT2D eigenvalue weighted by molar-refractivity contribution is -0.157. The highest BCUT2D eigenvalue weighted by atomic mass is 35.5. The zero-order valence-electron chi connectivity index (χ0n) is 14.5. The first-order valence-electron chi connectivity index (χ1n) is 7.58. The van der Waals surface area contributed by atoms with Gasteiger partial charge in [0.1, 0.15) is 6.61 Å². The van der Waals surface area contributed by atoms with Crippen molar-refractivity contribution in [1.29, 1.82) is 0 Å². The van der Waals surface area contributed by atoms with Gasteiger partial charge in [-0.05, 0) is 0 Å². The minimum atomic E-state index is -1.47. The van der Waals surface area contributed by atoms with Gasteiger partial charge in [0.2, 0.25) is 9.67 Å². The number of hydrogen-bond donors (Lipinski definition) is 0. The topological polar surface area (TPSA) is 114 Å². The molecule has 28 heavy (non-hydrogen) atoms. The number of halogens is 4. The number of alkyl halides is 4. The molecule has 0 saturated carbocycles. The highest BCUT2D eigenvalue weighted by molar-refractivity contribution is 6.53. The molecule has 10 nitrogen and oxygen atoms in total. The Kier molecular flexibility index (Phi) is 7.38. The molecule has 0 saturated heterocycles. The van der Waals surface area contributed by atoms with E-state index in [9.17, 15) is 19.2 Å². The Balaban J connectivity index is 2.37. The normalized spacial score (nSPS) is 12.6. The summed E-state index contributed by atoms with van der Waals surface area (Å²) in [5.41, 5.74) is -0.948. The van der Waals surface area contributed by atoms with E-state index in [1.54, 1.807) is 0 Å². The van der Waals surface area contributed by atoms with Gasteiger partial charge in [-0.25, -0.2) is 19.4 Å². The van der Waals surface area contributed by atoms with Crippen molar-refractivity contribution in [2.75, 3.05) is 6.61 Å². The smallest absolute Gasteiger partial charge is 0.339 e.